The average Bonchev–Trinajstić information content (AvgIpc) is 2.59. The molecule has 3 nitrogen and oxygen atoms in total. The van der Waals surface area contributed by atoms with E-state index in [0.29, 0.717) is 0 Å². The van der Waals surface area contributed by atoms with E-state index in [2.05, 4.69) is 22.4 Å². The Morgan fingerprint density at radius 2 is 2.36 bits per heavy atom. The largest absolute Gasteiger partial charge is 0.289 e. The molecule has 0 saturated heterocycles. The van der Waals surface area contributed by atoms with Crippen molar-refractivity contribution < 1.29 is 4.79 Å². The molecular weight excluding hydrogens is 216 g/mol. The fourth-order valence-electron chi connectivity index (χ4n) is 1.20. The molecule has 5 heteroatoms. The van der Waals surface area contributed by atoms with E-state index in [9.17, 15) is 4.79 Å². The summed E-state index contributed by atoms with van der Waals surface area (Å²) in [6.07, 6.45) is 6.80. The molecular formula is C9H6N2OS2. The molecule has 1 aromatic heterocycles. The Labute approximate surface area is 89.7 Å². The normalized spacial score (nSPS) is 16.1. The van der Waals surface area contributed by atoms with Crippen molar-refractivity contribution in [2.75, 3.05) is 0 Å². The summed E-state index contributed by atoms with van der Waals surface area (Å²) in [6.45, 7) is 0. The van der Waals surface area contributed by atoms with Crippen molar-refractivity contribution in [3.8, 4) is 0 Å². The molecule has 0 fully saturated rings. The van der Waals surface area contributed by atoms with Gasteiger partial charge in [-0.15, -0.1) is 15.9 Å². The Kier molecular flexibility index (Phi) is 2.60. The van der Waals surface area contributed by atoms with Crippen molar-refractivity contribution in [3.63, 3.8) is 0 Å². The second kappa shape index (κ2) is 3.89. The van der Waals surface area contributed by atoms with Gasteiger partial charge in [-0.2, -0.15) is 5.11 Å². The van der Waals surface area contributed by atoms with Crippen molar-refractivity contribution >= 4 is 42.2 Å². The van der Waals surface area contributed by atoms with Crippen LogP contribution in [-0.2, 0) is 0 Å². The van der Waals surface area contributed by atoms with Crippen LogP contribution in [0.5, 0.6) is 0 Å². The maximum absolute atomic E-state index is 11.4. The molecule has 14 heavy (non-hydrogen) atoms. The van der Waals surface area contributed by atoms with Gasteiger partial charge in [-0.05, 0) is 31.0 Å². The Morgan fingerprint density at radius 3 is 3.07 bits per heavy atom. The molecule has 0 N–H and O–H groups in total. The first kappa shape index (κ1) is 9.36. The number of fused-ring (bicyclic) bond motifs is 1. The minimum Gasteiger partial charge on any atom is -0.289 e. The quantitative estimate of drug-likeness (QED) is 0.565. The number of thiol groups is 1. The fraction of sp³-hybridized carbons (Fsp3) is 0. The number of thiophene rings is 1. The van der Waals surface area contributed by atoms with Crippen LogP contribution in [0, 0.1) is 0 Å². The van der Waals surface area contributed by atoms with E-state index in [0.717, 1.165) is 14.6 Å². The lowest BCUT2D eigenvalue weighted by atomic mass is 10.1. The average molecular weight is 222 g/mol. The van der Waals surface area contributed by atoms with Crippen molar-refractivity contribution in [2.24, 2.45) is 9.63 Å². The van der Waals surface area contributed by atoms with Crippen LogP contribution < -0.4 is 9.06 Å². The van der Waals surface area contributed by atoms with Crippen LogP contribution in [0.4, 0.5) is 0 Å². The van der Waals surface area contributed by atoms with E-state index in [1.165, 1.54) is 11.3 Å². The van der Waals surface area contributed by atoms with E-state index >= 15 is 0 Å². The van der Waals surface area contributed by atoms with Crippen LogP contribution >= 0.6 is 24.2 Å². The minimum absolute atomic E-state index is 0.0428. The smallest absolute Gasteiger partial charge is 0.187 e. The summed E-state index contributed by atoms with van der Waals surface area (Å²) in [4.78, 5) is 11.4. The summed E-state index contributed by atoms with van der Waals surface area (Å²) in [6, 6.07) is 1.81. The van der Waals surface area contributed by atoms with Crippen molar-refractivity contribution in [2.45, 2.75) is 0 Å². The van der Waals surface area contributed by atoms with Gasteiger partial charge in [0.15, 0.2) is 5.78 Å². The Morgan fingerprint density at radius 1 is 1.50 bits per heavy atom. The van der Waals surface area contributed by atoms with Gasteiger partial charge in [0.05, 0.1) is 6.20 Å². The SMILES string of the molecule is O=C1C=CC=c2sc(=CN=NS)cc21. The molecule has 0 aromatic carbocycles. The highest BCUT2D eigenvalue weighted by Crippen LogP contribution is 2.01. The van der Waals surface area contributed by atoms with Gasteiger partial charge in [0.2, 0.25) is 0 Å². The number of hydrogen-bond donors (Lipinski definition) is 1. The van der Waals surface area contributed by atoms with Crippen LogP contribution in [0.15, 0.2) is 27.9 Å². The molecule has 0 amide bonds. The lowest BCUT2D eigenvalue weighted by molar-refractivity contribution is 0.104. The number of hydrogen-bond acceptors (Lipinski definition) is 4. The van der Waals surface area contributed by atoms with Crippen molar-refractivity contribution in [1.82, 2.24) is 0 Å². The van der Waals surface area contributed by atoms with E-state index < -0.39 is 0 Å². The number of nitrogens with zero attached hydrogens (tertiary/aromatic N) is 2. The zero-order valence-corrected chi connectivity index (χ0v) is 8.76. The Bertz CT molecular complexity index is 540. The zero-order chi connectivity index (χ0) is 9.97. The highest BCUT2D eigenvalue weighted by atomic mass is 32.1. The minimum atomic E-state index is 0.0428. The van der Waals surface area contributed by atoms with Gasteiger partial charge in [0, 0.05) is 14.6 Å². The first-order chi connectivity index (χ1) is 6.81. The maximum Gasteiger partial charge on any atom is 0.187 e. The van der Waals surface area contributed by atoms with E-state index in [4.69, 9.17) is 0 Å². The first-order valence-electron chi connectivity index (χ1n) is 3.88. The number of ketones is 1. The van der Waals surface area contributed by atoms with Crippen molar-refractivity contribution in [1.29, 1.82) is 0 Å². The van der Waals surface area contributed by atoms with Gasteiger partial charge in [0.1, 0.15) is 0 Å². The molecule has 0 atom stereocenters. The summed E-state index contributed by atoms with van der Waals surface area (Å²) >= 11 is 5.11. The number of allylic oxidation sites excluding steroid dienone is 2. The van der Waals surface area contributed by atoms with Gasteiger partial charge < -0.3 is 0 Å². The molecule has 0 aliphatic heterocycles. The monoisotopic (exact) mass is 222 g/mol. The zero-order valence-electron chi connectivity index (χ0n) is 7.04. The lowest BCUT2D eigenvalue weighted by Crippen LogP contribution is -2.09. The van der Waals surface area contributed by atoms with Gasteiger partial charge in [-0.25, -0.2) is 0 Å². The third-order valence-electron chi connectivity index (χ3n) is 1.78. The molecule has 1 aliphatic carbocycles. The number of rotatable bonds is 1. The number of carbonyl (C=O) groups excluding carboxylic acids is 1. The highest BCUT2D eigenvalue weighted by molar-refractivity contribution is 7.78. The highest BCUT2D eigenvalue weighted by Gasteiger charge is 2.08. The molecule has 1 aliphatic rings. The molecule has 0 bridgehead atoms. The second-order valence-electron chi connectivity index (χ2n) is 2.65. The predicted octanol–water partition coefficient (Wildman–Crippen LogP) is 1.32. The van der Waals surface area contributed by atoms with E-state index in [-0.39, 0.29) is 5.78 Å². The summed E-state index contributed by atoms with van der Waals surface area (Å²) < 4.78 is 5.19. The topological polar surface area (TPSA) is 41.8 Å². The number of carbonyl (C=O) groups is 1. The molecule has 70 valence electrons. The van der Waals surface area contributed by atoms with Gasteiger partial charge in [-0.3, -0.25) is 4.79 Å². The van der Waals surface area contributed by atoms with Crippen molar-refractivity contribution in [3.05, 3.63) is 32.8 Å². The molecule has 0 radical (unpaired) electrons. The van der Waals surface area contributed by atoms with Crippen LogP contribution in [0.2, 0.25) is 0 Å². The molecule has 1 heterocycles. The van der Waals surface area contributed by atoms with E-state index in [1.54, 1.807) is 18.4 Å². The van der Waals surface area contributed by atoms with Crippen LogP contribution in [0.1, 0.15) is 10.4 Å². The van der Waals surface area contributed by atoms with Gasteiger partial charge in [-0.1, -0.05) is 6.08 Å². The molecule has 1 aromatic rings. The van der Waals surface area contributed by atoms with Gasteiger partial charge >= 0.3 is 0 Å². The lowest BCUT2D eigenvalue weighted by Gasteiger charge is -1.92. The molecule has 0 unspecified atom stereocenters. The second-order valence-corrected chi connectivity index (χ2v) is 3.94. The first-order valence-corrected chi connectivity index (χ1v) is 5.10. The Hall–Kier alpha value is -1.20. The summed E-state index contributed by atoms with van der Waals surface area (Å²) in [5, 5.41) is 3.64. The summed E-state index contributed by atoms with van der Waals surface area (Å²) in [5.41, 5.74) is 0.734. The fourth-order valence-corrected chi connectivity index (χ4v) is 2.20. The standard InChI is InChI=1S/C9H6N2OS2/c12-8-2-1-3-9-7(8)4-6(14-9)5-10-11-13/h1-5H,(H,10,13). The summed E-state index contributed by atoms with van der Waals surface area (Å²) in [5.74, 6) is 0.0428. The van der Waals surface area contributed by atoms with Gasteiger partial charge in [0.25, 0.3) is 0 Å². The third kappa shape index (κ3) is 1.69. The maximum atomic E-state index is 11.4. The summed E-state index contributed by atoms with van der Waals surface area (Å²) in [7, 11) is 0. The van der Waals surface area contributed by atoms with Crippen LogP contribution in [-0.4, -0.2) is 5.78 Å². The predicted molar refractivity (Wildman–Crippen MR) is 59.8 cm³/mol. The Balaban J connectivity index is 2.59. The molecule has 0 saturated carbocycles. The van der Waals surface area contributed by atoms with Crippen LogP contribution in [0.3, 0.4) is 0 Å². The van der Waals surface area contributed by atoms with E-state index in [1.807, 2.05) is 12.1 Å². The van der Waals surface area contributed by atoms with Crippen LogP contribution in [0.25, 0.3) is 12.3 Å². The molecule has 0 spiro atoms. The molecule has 2 rings (SSSR count). The third-order valence-corrected chi connectivity index (χ3v) is 2.92.